The molecule has 0 aromatic carbocycles. The van der Waals surface area contributed by atoms with E-state index in [9.17, 15) is 18.4 Å². The van der Waals surface area contributed by atoms with Crippen LogP contribution < -0.4 is 17.0 Å². The van der Waals surface area contributed by atoms with Gasteiger partial charge in [-0.2, -0.15) is 4.98 Å². The van der Waals surface area contributed by atoms with Crippen LogP contribution in [0.5, 0.6) is 0 Å². The number of aromatic amines is 1. The summed E-state index contributed by atoms with van der Waals surface area (Å²) < 4.78 is 35.2. The largest absolute Gasteiger partial charge is 0.383 e. The highest BCUT2D eigenvalue weighted by atomic mass is 19.3. The van der Waals surface area contributed by atoms with Gasteiger partial charge in [0.1, 0.15) is 5.82 Å². The van der Waals surface area contributed by atoms with Crippen molar-refractivity contribution in [3.8, 4) is 0 Å². The first-order chi connectivity index (χ1) is 12.8. The minimum Gasteiger partial charge on any atom is -0.383 e. The molecule has 0 radical (unpaired) electrons. The van der Waals surface area contributed by atoms with E-state index in [0.717, 1.165) is 15.8 Å². The molecule has 2 atom stereocenters. The minimum absolute atomic E-state index is 0.0286. The van der Waals surface area contributed by atoms with Crippen LogP contribution in [0.2, 0.25) is 0 Å². The van der Waals surface area contributed by atoms with Gasteiger partial charge >= 0.3 is 5.69 Å². The summed E-state index contributed by atoms with van der Waals surface area (Å²) in [6.07, 6.45) is -1.09. The SMILES string of the molecule is Nc1ccn([C@@H]2O[C@H](CN3CCc4[nH]c(=O)ccc4C3)CC2(F)F)c(=O)n1. The van der Waals surface area contributed by atoms with Crippen LogP contribution in [0.3, 0.4) is 0 Å². The van der Waals surface area contributed by atoms with Crippen molar-refractivity contribution in [3.05, 3.63) is 56.5 Å². The summed E-state index contributed by atoms with van der Waals surface area (Å²) in [5.74, 6) is -3.22. The number of hydrogen-bond donors (Lipinski definition) is 2. The molecule has 0 unspecified atom stereocenters. The van der Waals surface area contributed by atoms with Crippen LogP contribution in [0, 0.1) is 0 Å². The second-order valence-electron chi connectivity index (χ2n) is 6.93. The number of pyridine rings is 1. The third-order valence-corrected chi connectivity index (χ3v) is 4.92. The number of nitrogen functional groups attached to an aromatic ring is 1. The monoisotopic (exact) mass is 379 g/mol. The normalized spacial score (nSPS) is 24.7. The Morgan fingerprint density at radius 2 is 2.15 bits per heavy atom. The summed E-state index contributed by atoms with van der Waals surface area (Å²) in [6, 6.07) is 4.50. The number of anilines is 1. The van der Waals surface area contributed by atoms with E-state index >= 15 is 0 Å². The number of fused-ring (bicyclic) bond motifs is 1. The lowest BCUT2D eigenvalue weighted by atomic mass is 10.0. The number of H-pyrrole nitrogens is 1. The number of nitrogens with two attached hydrogens (primary N) is 1. The van der Waals surface area contributed by atoms with E-state index in [0.29, 0.717) is 26.1 Å². The van der Waals surface area contributed by atoms with Crippen molar-refractivity contribution < 1.29 is 13.5 Å². The Kier molecular flexibility index (Phi) is 4.31. The van der Waals surface area contributed by atoms with Gasteiger partial charge in [0.25, 0.3) is 5.92 Å². The standard InChI is InChI=1S/C17H19F2N5O3/c18-17(19)7-11(27-15(17)24-6-4-13(20)22-16(24)26)9-23-5-3-12-10(8-23)1-2-14(25)21-12/h1-2,4,6,11,15H,3,5,7-9H2,(H,21,25)(H2,20,22,26)/t11-,15+/m0/s1. The number of rotatable bonds is 3. The highest BCUT2D eigenvalue weighted by Crippen LogP contribution is 2.42. The zero-order chi connectivity index (χ0) is 19.2. The fourth-order valence-electron chi connectivity index (χ4n) is 3.67. The van der Waals surface area contributed by atoms with Crippen LogP contribution in [0.4, 0.5) is 14.6 Å². The molecule has 0 saturated carbocycles. The van der Waals surface area contributed by atoms with Crippen molar-refractivity contribution in [3.63, 3.8) is 0 Å². The number of alkyl halides is 2. The fraction of sp³-hybridized carbons (Fsp3) is 0.471. The molecule has 4 heterocycles. The molecule has 27 heavy (non-hydrogen) atoms. The first kappa shape index (κ1) is 17.8. The molecule has 0 amide bonds. The van der Waals surface area contributed by atoms with E-state index in [1.807, 2.05) is 4.90 Å². The molecule has 2 aromatic rings. The number of nitrogens with zero attached hydrogens (tertiary/aromatic N) is 3. The summed E-state index contributed by atoms with van der Waals surface area (Å²) >= 11 is 0. The summed E-state index contributed by atoms with van der Waals surface area (Å²) in [6.45, 7) is 1.49. The minimum atomic E-state index is -3.19. The lowest BCUT2D eigenvalue weighted by Crippen LogP contribution is -2.37. The predicted octanol–water partition coefficient (Wildman–Crippen LogP) is 0.495. The molecule has 1 saturated heterocycles. The van der Waals surface area contributed by atoms with Crippen molar-refractivity contribution in [2.24, 2.45) is 0 Å². The molecule has 2 aliphatic heterocycles. The van der Waals surface area contributed by atoms with Crippen LogP contribution in [0.15, 0.2) is 34.0 Å². The molecule has 4 rings (SSSR count). The second-order valence-corrected chi connectivity index (χ2v) is 6.93. The first-order valence-corrected chi connectivity index (χ1v) is 8.63. The first-order valence-electron chi connectivity index (χ1n) is 8.63. The van der Waals surface area contributed by atoms with Gasteiger partial charge in [0.05, 0.1) is 6.10 Å². The van der Waals surface area contributed by atoms with E-state index in [2.05, 4.69) is 9.97 Å². The highest BCUT2D eigenvalue weighted by molar-refractivity contribution is 5.24. The van der Waals surface area contributed by atoms with Gasteiger partial charge in [-0.1, -0.05) is 6.07 Å². The molecule has 0 bridgehead atoms. The van der Waals surface area contributed by atoms with E-state index in [4.69, 9.17) is 10.5 Å². The van der Waals surface area contributed by atoms with Crippen molar-refractivity contribution >= 4 is 5.82 Å². The lowest BCUT2D eigenvalue weighted by Gasteiger charge is -2.30. The van der Waals surface area contributed by atoms with Crippen LogP contribution in [0.1, 0.15) is 23.9 Å². The van der Waals surface area contributed by atoms with Gasteiger partial charge in [-0.05, 0) is 11.6 Å². The van der Waals surface area contributed by atoms with Crippen molar-refractivity contribution in [1.29, 1.82) is 0 Å². The zero-order valence-corrected chi connectivity index (χ0v) is 14.4. The molecule has 3 N–H and O–H groups in total. The summed E-state index contributed by atoms with van der Waals surface area (Å²) in [5.41, 5.74) is 6.26. The Morgan fingerprint density at radius 3 is 2.93 bits per heavy atom. The van der Waals surface area contributed by atoms with Crippen molar-refractivity contribution in [2.45, 2.75) is 37.6 Å². The molecule has 1 fully saturated rings. The average Bonchev–Trinajstić information content (AvgIpc) is 2.89. The van der Waals surface area contributed by atoms with Crippen LogP contribution in [-0.2, 0) is 17.7 Å². The van der Waals surface area contributed by atoms with Gasteiger partial charge in [0, 0.05) is 50.4 Å². The van der Waals surface area contributed by atoms with E-state index < -0.39 is 30.4 Å². The molecule has 2 aliphatic rings. The van der Waals surface area contributed by atoms with Gasteiger partial charge < -0.3 is 15.5 Å². The summed E-state index contributed by atoms with van der Waals surface area (Å²) in [5, 5.41) is 0. The molecular weight excluding hydrogens is 360 g/mol. The van der Waals surface area contributed by atoms with Crippen molar-refractivity contribution in [2.75, 3.05) is 18.8 Å². The second kappa shape index (κ2) is 6.54. The molecule has 0 aliphatic carbocycles. The van der Waals surface area contributed by atoms with Crippen molar-refractivity contribution in [1.82, 2.24) is 19.4 Å². The zero-order valence-electron chi connectivity index (χ0n) is 14.4. The number of nitrogens with one attached hydrogen (secondary N) is 1. The molecule has 0 spiro atoms. The number of hydrogen-bond acceptors (Lipinski definition) is 6. The highest BCUT2D eigenvalue weighted by Gasteiger charge is 2.52. The Bertz CT molecular complexity index is 974. The smallest absolute Gasteiger partial charge is 0.351 e. The third-order valence-electron chi connectivity index (χ3n) is 4.92. The Balaban J connectivity index is 1.47. The maximum absolute atomic E-state index is 14.5. The van der Waals surface area contributed by atoms with Crippen LogP contribution in [0.25, 0.3) is 0 Å². The Morgan fingerprint density at radius 1 is 1.33 bits per heavy atom. The van der Waals surface area contributed by atoms with Gasteiger partial charge in [-0.25, -0.2) is 13.6 Å². The summed E-state index contributed by atoms with van der Waals surface area (Å²) in [4.78, 5) is 31.6. The molecule has 10 heteroatoms. The topological polar surface area (TPSA) is 106 Å². The third kappa shape index (κ3) is 3.50. The maximum Gasteiger partial charge on any atom is 0.351 e. The molecule has 2 aromatic heterocycles. The predicted molar refractivity (Wildman–Crippen MR) is 92.4 cm³/mol. The quantitative estimate of drug-likeness (QED) is 0.804. The average molecular weight is 379 g/mol. The van der Waals surface area contributed by atoms with Gasteiger partial charge in [0.2, 0.25) is 11.8 Å². The van der Waals surface area contributed by atoms with Crippen LogP contribution >= 0.6 is 0 Å². The molecule has 144 valence electrons. The fourth-order valence-corrected chi connectivity index (χ4v) is 3.67. The van der Waals surface area contributed by atoms with Gasteiger partial charge in [-0.3, -0.25) is 14.3 Å². The van der Waals surface area contributed by atoms with Gasteiger partial charge in [0.15, 0.2) is 0 Å². The number of aromatic nitrogens is 3. The van der Waals surface area contributed by atoms with E-state index in [-0.39, 0.29) is 11.4 Å². The Hall–Kier alpha value is -2.59. The maximum atomic E-state index is 14.5. The van der Waals surface area contributed by atoms with Gasteiger partial charge in [-0.15, -0.1) is 0 Å². The molecular formula is C17H19F2N5O3. The molecule has 8 nitrogen and oxygen atoms in total. The number of ether oxygens (including phenoxy) is 1. The summed E-state index contributed by atoms with van der Waals surface area (Å²) in [7, 11) is 0. The Labute approximate surface area is 152 Å². The van der Waals surface area contributed by atoms with E-state index in [1.54, 1.807) is 6.07 Å². The van der Waals surface area contributed by atoms with E-state index in [1.165, 1.54) is 18.3 Å². The lowest BCUT2D eigenvalue weighted by molar-refractivity contribution is -0.119. The number of halogens is 2. The van der Waals surface area contributed by atoms with Crippen LogP contribution in [-0.4, -0.2) is 44.6 Å².